The highest BCUT2D eigenvalue weighted by Gasteiger charge is 2.27. The van der Waals surface area contributed by atoms with Gasteiger partial charge in [-0.3, -0.25) is 0 Å². The van der Waals surface area contributed by atoms with Crippen LogP contribution in [0, 0.1) is 5.41 Å². The van der Waals surface area contributed by atoms with E-state index in [2.05, 4.69) is 57.6 Å². The van der Waals surface area contributed by atoms with Crippen molar-refractivity contribution in [3.05, 3.63) is 36.8 Å². The van der Waals surface area contributed by atoms with E-state index in [9.17, 15) is 0 Å². The molecule has 0 unspecified atom stereocenters. The second-order valence-electron chi connectivity index (χ2n) is 4.46. The average molecular weight is 180 g/mol. The standard InChI is InChI=1S/C11H20Si/c1-7-12(8-2,9-3)10-11(4,5)6/h7-9H,1-3,10H2,4-6H3. The Morgan fingerprint density at radius 3 is 1.42 bits per heavy atom. The van der Waals surface area contributed by atoms with Crippen LogP contribution in [0.2, 0.25) is 6.04 Å². The summed E-state index contributed by atoms with van der Waals surface area (Å²) in [6.45, 7) is 18.4. The molecule has 0 saturated carbocycles. The number of rotatable bonds is 4. The molecule has 0 saturated heterocycles. The van der Waals surface area contributed by atoms with Crippen LogP contribution >= 0.6 is 0 Å². The number of hydrogen-bond acceptors (Lipinski definition) is 0. The van der Waals surface area contributed by atoms with Crippen molar-refractivity contribution in [2.75, 3.05) is 0 Å². The predicted molar refractivity (Wildman–Crippen MR) is 60.6 cm³/mol. The highest BCUT2D eigenvalue weighted by Crippen LogP contribution is 2.29. The van der Waals surface area contributed by atoms with Gasteiger partial charge in [-0.2, -0.15) is 0 Å². The molecule has 0 spiro atoms. The fourth-order valence-electron chi connectivity index (χ4n) is 1.39. The fraction of sp³-hybridized carbons (Fsp3) is 0.455. The number of hydrogen-bond donors (Lipinski definition) is 0. The van der Waals surface area contributed by atoms with Crippen molar-refractivity contribution in [3.63, 3.8) is 0 Å². The molecule has 0 amide bonds. The molecule has 1 heteroatoms. The maximum Gasteiger partial charge on any atom is 0.125 e. The summed E-state index contributed by atoms with van der Waals surface area (Å²) in [6.07, 6.45) is 0. The van der Waals surface area contributed by atoms with Gasteiger partial charge < -0.3 is 0 Å². The summed E-state index contributed by atoms with van der Waals surface area (Å²) in [5, 5.41) is 0. The molecule has 0 N–H and O–H groups in total. The Morgan fingerprint density at radius 1 is 1.00 bits per heavy atom. The molecule has 0 nitrogen and oxygen atoms in total. The third-order valence-corrected chi connectivity index (χ3v) is 5.93. The van der Waals surface area contributed by atoms with Gasteiger partial charge in [0.05, 0.1) is 0 Å². The van der Waals surface area contributed by atoms with Crippen LogP contribution in [0.1, 0.15) is 20.8 Å². The van der Waals surface area contributed by atoms with Crippen molar-refractivity contribution in [1.29, 1.82) is 0 Å². The van der Waals surface area contributed by atoms with Crippen molar-refractivity contribution in [2.45, 2.75) is 26.8 Å². The molecule has 0 rings (SSSR count). The Kier molecular flexibility index (Phi) is 3.72. The molecule has 0 heterocycles. The van der Waals surface area contributed by atoms with Crippen molar-refractivity contribution in [3.8, 4) is 0 Å². The first-order valence-corrected chi connectivity index (χ1v) is 6.74. The minimum Gasteiger partial charge on any atom is -0.106 e. The second-order valence-corrected chi connectivity index (χ2v) is 8.27. The first-order chi connectivity index (χ1) is 5.39. The third-order valence-electron chi connectivity index (χ3n) is 1.98. The zero-order valence-electron chi connectivity index (χ0n) is 8.56. The third kappa shape index (κ3) is 3.22. The molecule has 12 heavy (non-hydrogen) atoms. The van der Waals surface area contributed by atoms with Gasteiger partial charge in [0.15, 0.2) is 0 Å². The van der Waals surface area contributed by atoms with E-state index < -0.39 is 8.07 Å². The van der Waals surface area contributed by atoms with E-state index in [1.807, 2.05) is 0 Å². The lowest BCUT2D eigenvalue weighted by Crippen LogP contribution is -2.32. The van der Waals surface area contributed by atoms with Gasteiger partial charge in [0.25, 0.3) is 0 Å². The van der Waals surface area contributed by atoms with Crippen molar-refractivity contribution in [1.82, 2.24) is 0 Å². The van der Waals surface area contributed by atoms with E-state index in [-0.39, 0.29) is 0 Å². The minimum atomic E-state index is -1.56. The zero-order chi connectivity index (χ0) is 9.83. The summed E-state index contributed by atoms with van der Waals surface area (Å²) in [7, 11) is -1.56. The first-order valence-electron chi connectivity index (χ1n) is 4.30. The largest absolute Gasteiger partial charge is 0.125 e. The molecule has 0 aliphatic carbocycles. The first kappa shape index (κ1) is 11.4. The Bertz CT molecular complexity index is 162. The van der Waals surface area contributed by atoms with E-state index in [1.165, 1.54) is 0 Å². The normalized spacial score (nSPS) is 12.2. The SMILES string of the molecule is C=C[Si](C=C)(C=C)CC(C)(C)C. The Labute approximate surface area is 77.7 Å². The van der Waals surface area contributed by atoms with Gasteiger partial charge in [-0.1, -0.05) is 37.9 Å². The fourth-order valence-corrected chi connectivity index (χ4v) is 4.16. The highest BCUT2D eigenvalue weighted by atomic mass is 28.3. The lowest BCUT2D eigenvalue weighted by atomic mass is 10.0. The van der Waals surface area contributed by atoms with Crippen molar-refractivity contribution >= 4 is 8.07 Å². The van der Waals surface area contributed by atoms with Crippen LogP contribution in [-0.4, -0.2) is 8.07 Å². The van der Waals surface area contributed by atoms with Gasteiger partial charge in [0.1, 0.15) is 8.07 Å². The van der Waals surface area contributed by atoms with Crippen molar-refractivity contribution in [2.24, 2.45) is 5.41 Å². The van der Waals surface area contributed by atoms with E-state index in [1.54, 1.807) is 0 Å². The van der Waals surface area contributed by atoms with E-state index in [0.717, 1.165) is 6.04 Å². The molecule has 0 radical (unpaired) electrons. The molecular formula is C11H20Si. The molecule has 0 atom stereocenters. The molecule has 68 valence electrons. The van der Waals surface area contributed by atoms with E-state index in [0.29, 0.717) is 5.41 Å². The highest BCUT2D eigenvalue weighted by molar-refractivity contribution is 6.93. The lowest BCUT2D eigenvalue weighted by molar-refractivity contribution is 0.464. The van der Waals surface area contributed by atoms with Gasteiger partial charge in [-0.25, -0.2) is 0 Å². The van der Waals surface area contributed by atoms with Gasteiger partial charge in [0.2, 0.25) is 0 Å². The maximum atomic E-state index is 3.88. The van der Waals surface area contributed by atoms with Gasteiger partial charge in [0, 0.05) is 0 Å². The average Bonchev–Trinajstić information content (AvgIpc) is 1.99. The molecule has 0 aliphatic rings. The summed E-state index contributed by atoms with van der Waals surface area (Å²) in [5.74, 6) is 0. The monoisotopic (exact) mass is 180 g/mol. The maximum absolute atomic E-state index is 3.88. The Hall–Kier alpha value is -0.563. The van der Waals surface area contributed by atoms with E-state index >= 15 is 0 Å². The molecule has 0 aliphatic heterocycles. The van der Waals surface area contributed by atoms with E-state index in [4.69, 9.17) is 0 Å². The van der Waals surface area contributed by atoms with Crippen LogP contribution in [0.15, 0.2) is 36.8 Å². The molecule has 0 aromatic carbocycles. The van der Waals surface area contributed by atoms with Crippen LogP contribution in [-0.2, 0) is 0 Å². The lowest BCUT2D eigenvalue weighted by Gasteiger charge is -2.28. The molecule has 0 bridgehead atoms. The van der Waals surface area contributed by atoms with Crippen molar-refractivity contribution < 1.29 is 0 Å². The van der Waals surface area contributed by atoms with Crippen LogP contribution in [0.5, 0.6) is 0 Å². The predicted octanol–water partition coefficient (Wildman–Crippen LogP) is 3.66. The van der Waals surface area contributed by atoms with Crippen LogP contribution in [0.25, 0.3) is 0 Å². The molecular weight excluding hydrogens is 160 g/mol. The Morgan fingerprint density at radius 2 is 1.33 bits per heavy atom. The van der Waals surface area contributed by atoms with Crippen LogP contribution in [0.4, 0.5) is 0 Å². The quantitative estimate of drug-likeness (QED) is 0.579. The molecule has 0 aromatic rings. The van der Waals surface area contributed by atoms with Crippen LogP contribution in [0.3, 0.4) is 0 Å². The zero-order valence-corrected chi connectivity index (χ0v) is 9.56. The minimum absolute atomic E-state index is 0.336. The summed E-state index contributed by atoms with van der Waals surface area (Å²) in [4.78, 5) is 0. The van der Waals surface area contributed by atoms with Gasteiger partial charge >= 0.3 is 0 Å². The summed E-state index contributed by atoms with van der Waals surface area (Å²) < 4.78 is 0. The summed E-state index contributed by atoms with van der Waals surface area (Å²) >= 11 is 0. The van der Waals surface area contributed by atoms with Gasteiger partial charge in [-0.05, 0) is 11.5 Å². The topological polar surface area (TPSA) is 0 Å². The van der Waals surface area contributed by atoms with Crippen LogP contribution < -0.4 is 0 Å². The Balaban J connectivity index is 4.63. The second kappa shape index (κ2) is 3.90. The smallest absolute Gasteiger partial charge is 0.106 e. The molecule has 0 aromatic heterocycles. The summed E-state index contributed by atoms with van der Waals surface area (Å²) in [6, 6.07) is 1.15. The van der Waals surface area contributed by atoms with Gasteiger partial charge in [-0.15, -0.1) is 19.7 Å². The molecule has 0 fully saturated rings. The summed E-state index contributed by atoms with van der Waals surface area (Å²) in [5.41, 5.74) is 6.50.